The van der Waals surface area contributed by atoms with Crippen LogP contribution in [0.1, 0.15) is 19.5 Å². The van der Waals surface area contributed by atoms with E-state index in [1.807, 2.05) is 19.0 Å². The Kier molecular flexibility index (Phi) is 2.97. The van der Waals surface area contributed by atoms with Crippen molar-refractivity contribution in [3.05, 3.63) is 17.0 Å². The largest absolute Gasteiger partial charge is 0.384 e. The molecule has 78 valence electrons. The van der Waals surface area contributed by atoms with Crippen molar-refractivity contribution in [3.8, 4) is 0 Å². The third-order valence-electron chi connectivity index (χ3n) is 1.77. The molecule has 1 N–H and O–H groups in total. The minimum atomic E-state index is -1.00. The minimum Gasteiger partial charge on any atom is -0.384 e. The molecule has 0 spiro atoms. The lowest BCUT2D eigenvalue weighted by Crippen LogP contribution is -2.20. The second kappa shape index (κ2) is 3.71. The van der Waals surface area contributed by atoms with E-state index in [0.29, 0.717) is 11.5 Å². The van der Waals surface area contributed by atoms with Gasteiger partial charge in [0, 0.05) is 20.2 Å². The molecule has 0 saturated heterocycles. The van der Waals surface area contributed by atoms with Crippen LogP contribution in [-0.2, 0) is 5.60 Å². The van der Waals surface area contributed by atoms with E-state index in [9.17, 15) is 5.11 Å². The SMILES string of the molecule is CN(C)c1cc(C(C)(C)O)nc(Cl)n1. The lowest BCUT2D eigenvalue weighted by atomic mass is 10.1. The van der Waals surface area contributed by atoms with Gasteiger partial charge in [-0.15, -0.1) is 0 Å². The predicted octanol–water partition coefficient (Wildman–Crippen LogP) is 1.42. The lowest BCUT2D eigenvalue weighted by Gasteiger charge is -2.19. The Labute approximate surface area is 88.6 Å². The van der Waals surface area contributed by atoms with Crippen LogP contribution in [0.4, 0.5) is 5.82 Å². The first kappa shape index (κ1) is 11.2. The van der Waals surface area contributed by atoms with Crippen LogP contribution in [0.3, 0.4) is 0 Å². The van der Waals surface area contributed by atoms with E-state index >= 15 is 0 Å². The molecule has 14 heavy (non-hydrogen) atoms. The quantitative estimate of drug-likeness (QED) is 0.759. The minimum absolute atomic E-state index is 0.147. The number of hydrogen-bond acceptors (Lipinski definition) is 4. The first-order chi connectivity index (χ1) is 6.30. The fourth-order valence-corrected chi connectivity index (χ4v) is 1.13. The summed E-state index contributed by atoms with van der Waals surface area (Å²) in [6, 6.07) is 1.71. The van der Waals surface area contributed by atoms with Crippen molar-refractivity contribution in [2.75, 3.05) is 19.0 Å². The molecule has 0 aliphatic rings. The fourth-order valence-electron chi connectivity index (χ4n) is 0.948. The molecular formula is C9H14ClN3O. The van der Waals surface area contributed by atoms with Gasteiger partial charge in [0.25, 0.3) is 0 Å². The van der Waals surface area contributed by atoms with E-state index < -0.39 is 5.60 Å². The van der Waals surface area contributed by atoms with Crippen LogP contribution in [-0.4, -0.2) is 29.2 Å². The number of halogens is 1. The van der Waals surface area contributed by atoms with Gasteiger partial charge in [-0.05, 0) is 25.4 Å². The van der Waals surface area contributed by atoms with Crippen LogP contribution in [0.2, 0.25) is 5.28 Å². The Balaban J connectivity index is 3.21. The van der Waals surface area contributed by atoms with Gasteiger partial charge in [-0.2, -0.15) is 0 Å². The Hall–Kier alpha value is -0.870. The van der Waals surface area contributed by atoms with Gasteiger partial charge in [0.05, 0.1) is 5.69 Å². The summed E-state index contributed by atoms with van der Waals surface area (Å²) in [5.41, 5.74) is -0.488. The maximum absolute atomic E-state index is 9.75. The van der Waals surface area contributed by atoms with Gasteiger partial charge in [-0.25, -0.2) is 9.97 Å². The molecule has 1 heterocycles. The maximum atomic E-state index is 9.75. The van der Waals surface area contributed by atoms with E-state index in [-0.39, 0.29) is 5.28 Å². The summed E-state index contributed by atoms with van der Waals surface area (Å²) in [6.45, 7) is 3.32. The Morgan fingerprint density at radius 3 is 2.36 bits per heavy atom. The summed E-state index contributed by atoms with van der Waals surface area (Å²) in [6.07, 6.45) is 0. The fraction of sp³-hybridized carbons (Fsp3) is 0.556. The van der Waals surface area contributed by atoms with E-state index in [0.717, 1.165) is 0 Å². The molecule has 0 aliphatic carbocycles. The summed E-state index contributed by atoms with van der Waals surface area (Å²) >= 11 is 5.74. The zero-order valence-electron chi connectivity index (χ0n) is 8.74. The highest BCUT2D eigenvalue weighted by molar-refractivity contribution is 6.28. The first-order valence-electron chi connectivity index (χ1n) is 4.25. The van der Waals surface area contributed by atoms with Crippen molar-refractivity contribution in [1.29, 1.82) is 0 Å². The van der Waals surface area contributed by atoms with E-state index in [1.54, 1.807) is 19.9 Å². The molecule has 0 radical (unpaired) electrons. The summed E-state index contributed by atoms with van der Waals surface area (Å²) in [4.78, 5) is 9.79. The average molecular weight is 216 g/mol. The molecule has 0 aromatic carbocycles. The molecule has 1 aromatic heterocycles. The average Bonchev–Trinajstić information content (AvgIpc) is 2.01. The van der Waals surface area contributed by atoms with Gasteiger partial charge in [0.1, 0.15) is 11.4 Å². The van der Waals surface area contributed by atoms with Gasteiger partial charge in [0.15, 0.2) is 0 Å². The monoisotopic (exact) mass is 215 g/mol. The second-order valence-electron chi connectivity index (χ2n) is 3.83. The number of rotatable bonds is 2. The van der Waals surface area contributed by atoms with Crippen molar-refractivity contribution in [2.45, 2.75) is 19.4 Å². The molecule has 0 amide bonds. The maximum Gasteiger partial charge on any atom is 0.224 e. The molecule has 0 bridgehead atoms. The highest BCUT2D eigenvalue weighted by Gasteiger charge is 2.19. The molecule has 0 saturated carbocycles. The van der Waals surface area contributed by atoms with E-state index in [2.05, 4.69) is 9.97 Å². The molecule has 1 aromatic rings. The molecular weight excluding hydrogens is 202 g/mol. The number of aromatic nitrogens is 2. The Morgan fingerprint density at radius 1 is 1.36 bits per heavy atom. The summed E-state index contributed by atoms with van der Waals surface area (Å²) in [5.74, 6) is 0.683. The number of anilines is 1. The zero-order chi connectivity index (χ0) is 10.9. The highest BCUT2D eigenvalue weighted by atomic mass is 35.5. The van der Waals surface area contributed by atoms with Crippen LogP contribution in [0.25, 0.3) is 0 Å². The van der Waals surface area contributed by atoms with Crippen molar-refractivity contribution in [3.63, 3.8) is 0 Å². The normalized spacial score (nSPS) is 11.6. The number of aliphatic hydroxyl groups is 1. The third-order valence-corrected chi connectivity index (χ3v) is 1.94. The third kappa shape index (κ3) is 2.56. The van der Waals surface area contributed by atoms with Crippen molar-refractivity contribution >= 4 is 17.4 Å². The Morgan fingerprint density at radius 2 is 1.93 bits per heavy atom. The Bertz CT molecular complexity index is 333. The van der Waals surface area contributed by atoms with Crippen LogP contribution in [0.5, 0.6) is 0 Å². The standard InChI is InChI=1S/C9H14ClN3O/c1-9(2,14)6-5-7(13(3)4)12-8(10)11-6/h5,14H,1-4H3. The van der Waals surface area contributed by atoms with Gasteiger partial charge < -0.3 is 10.0 Å². The van der Waals surface area contributed by atoms with Gasteiger partial charge in [-0.1, -0.05) is 0 Å². The molecule has 5 heteroatoms. The predicted molar refractivity (Wildman–Crippen MR) is 56.6 cm³/mol. The highest BCUT2D eigenvalue weighted by Crippen LogP contribution is 2.22. The molecule has 0 aliphatic heterocycles. The van der Waals surface area contributed by atoms with Crippen LogP contribution in [0, 0.1) is 0 Å². The van der Waals surface area contributed by atoms with E-state index in [4.69, 9.17) is 11.6 Å². The van der Waals surface area contributed by atoms with Crippen LogP contribution in [0.15, 0.2) is 6.07 Å². The number of nitrogens with zero attached hydrogens (tertiary/aromatic N) is 3. The van der Waals surface area contributed by atoms with E-state index in [1.165, 1.54) is 0 Å². The van der Waals surface area contributed by atoms with Gasteiger partial charge >= 0.3 is 0 Å². The summed E-state index contributed by atoms with van der Waals surface area (Å²) < 4.78 is 0. The molecule has 0 unspecified atom stereocenters. The summed E-state index contributed by atoms with van der Waals surface area (Å²) in [7, 11) is 3.71. The molecule has 4 nitrogen and oxygen atoms in total. The molecule has 1 rings (SSSR count). The molecule has 0 fully saturated rings. The van der Waals surface area contributed by atoms with Crippen LogP contribution >= 0.6 is 11.6 Å². The van der Waals surface area contributed by atoms with Crippen molar-refractivity contribution in [2.24, 2.45) is 0 Å². The smallest absolute Gasteiger partial charge is 0.224 e. The summed E-state index contributed by atoms with van der Waals surface area (Å²) in [5, 5.41) is 9.90. The van der Waals surface area contributed by atoms with Crippen molar-refractivity contribution < 1.29 is 5.11 Å². The zero-order valence-corrected chi connectivity index (χ0v) is 9.50. The lowest BCUT2D eigenvalue weighted by molar-refractivity contribution is 0.0737. The topological polar surface area (TPSA) is 49.2 Å². The second-order valence-corrected chi connectivity index (χ2v) is 4.17. The first-order valence-corrected chi connectivity index (χ1v) is 4.63. The van der Waals surface area contributed by atoms with Gasteiger partial charge in [0.2, 0.25) is 5.28 Å². The number of hydrogen-bond donors (Lipinski definition) is 1. The van der Waals surface area contributed by atoms with Crippen LogP contribution < -0.4 is 4.90 Å². The van der Waals surface area contributed by atoms with Crippen molar-refractivity contribution in [1.82, 2.24) is 9.97 Å². The molecule has 0 atom stereocenters. The van der Waals surface area contributed by atoms with Gasteiger partial charge in [-0.3, -0.25) is 0 Å².